The molecule has 0 spiro atoms. The number of thiophene rings is 1. The van der Waals surface area contributed by atoms with E-state index in [1.54, 1.807) is 25.6 Å². The minimum absolute atomic E-state index is 0.0918. The van der Waals surface area contributed by atoms with Gasteiger partial charge in [-0.1, -0.05) is 18.2 Å². The second-order valence-corrected chi connectivity index (χ2v) is 8.94. The minimum atomic E-state index is -0.133. The van der Waals surface area contributed by atoms with E-state index in [4.69, 9.17) is 14.2 Å². The van der Waals surface area contributed by atoms with Crippen molar-refractivity contribution in [3.63, 3.8) is 0 Å². The maximum atomic E-state index is 13.3. The summed E-state index contributed by atoms with van der Waals surface area (Å²) in [5.41, 5.74) is 4.59. The number of carbonyl (C=O) groups is 1. The van der Waals surface area contributed by atoms with Crippen LogP contribution in [0.4, 0.5) is 0 Å². The molecule has 1 aliphatic heterocycles. The Bertz CT molecular complexity index is 1090. The zero-order valence-electron chi connectivity index (χ0n) is 19.0. The first kappa shape index (κ1) is 22.2. The molecule has 2 heterocycles. The van der Waals surface area contributed by atoms with E-state index < -0.39 is 0 Å². The number of benzene rings is 2. The number of carbonyl (C=O) groups excluding carboxylic acids is 1. The maximum absolute atomic E-state index is 13.3. The van der Waals surface area contributed by atoms with E-state index in [0.717, 1.165) is 33.9 Å². The predicted molar refractivity (Wildman–Crippen MR) is 127 cm³/mol. The number of hydrogen-bond acceptors (Lipinski definition) is 5. The Balaban J connectivity index is 1.57. The Hall–Kier alpha value is -2.99. The second-order valence-electron chi connectivity index (χ2n) is 7.96. The van der Waals surface area contributed by atoms with Crippen LogP contribution in [-0.4, -0.2) is 38.2 Å². The van der Waals surface area contributed by atoms with Gasteiger partial charge < -0.3 is 19.1 Å². The van der Waals surface area contributed by atoms with E-state index in [1.807, 2.05) is 42.2 Å². The summed E-state index contributed by atoms with van der Waals surface area (Å²) < 4.78 is 17.0. The van der Waals surface area contributed by atoms with Crippen molar-refractivity contribution in [1.29, 1.82) is 0 Å². The molecular weight excluding hydrogens is 422 g/mol. The summed E-state index contributed by atoms with van der Waals surface area (Å²) in [6.45, 7) is 5.12. The van der Waals surface area contributed by atoms with Crippen molar-refractivity contribution < 1.29 is 19.0 Å². The van der Waals surface area contributed by atoms with Gasteiger partial charge in [0.25, 0.3) is 0 Å². The van der Waals surface area contributed by atoms with Crippen LogP contribution in [-0.2, 0) is 11.2 Å². The van der Waals surface area contributed by atoms with Crippen molar-refractivity contribution in [1.82, 2.24) is 4.90 Å². The van der Waals surface area contributed by atoms with Crippen molar-refractivity contribution in [3.05, 3.63) is 75.0 Å². The normalized spacial score (nSPS) is 15.2. The lowest BCUT2D eigenvalue weighted by Crippen LogP contribution is -2.40. The van der Waals surface area contributed by atoms with Gasteiger partial charge in [0.1, 0.15) is 5.75 Å². The van der Waals surface area contributed by atoms with E-state index in [9.17, 15) is 4.79 Å². The molecule has 0 radical (unpaired) electrons. The van der Waals surface area contributed by atoms with Crippen molar-refractivity contribution >= 4 is 17.2 Å². The number of fused-ring (bicyclic) bond motifs is 1. The number of methoxy groups -OCH3 is 2. The lowest BCUT2D eigenvalue weighted by molar-refractivity contribution is -0.133. The zero-order valence-corrected chi connectivity index (χ0v) is 19.8. The molecule has 5 nitrogen and oxygen atoms in total. The summed E-state index contributed by atoms with van der Waals surface area (Å²) in [7, 11) is 3.29. The van der Waals surface area contributed by atoms with Crippen molar-refractivity contribution in [3.8, 4) is 17.2 Å². The Labute approximate surface area is 193 Å². The fourth-order valence-electron chi connectivity index (χ4n) is 4.24. The molecule has 0 N–H and O–H groups in total. The number of ether oxygens (including phenoxy) is 3. The smallest absolute Gasteiger partial charge is 0.226 e. The van der Waals surface area contributed by atoms with Gasteiger partial charge in [-0.25, -0.2) is 0 Å². The summed E-state index contributed by atoms with van der Waals surface area (Å²) in [5.74, 6) is 2.33. The highest BCUT2D eigenvalue weighted by atomic mass is 32.1. The number of aryl methyl sites for hydroxylation is 1. The molecular formula is C26H29NO4S. The number of nitrogens with zero attached hydrogens (tertiary/aromatic N) is 1. The lowest BCUT2D eigenvalue weighted by atomic mass is 9.90. The maximum Gasteiger partial charge on any atom is 0.226 e. The van der Waals surface area contributed by atoms with Crippen LogP contribution in [0, 0.1) is 13.8 Å². The number of amides is 1. The summed E-state index contributed by atoms with van der Waals surface area (Å²) in [5, 5.41) is 2.05. The molecule has 2 aromatic carbocycles. The standard InChI is InChI=1S/C26H29NO4S/c1-17-7-5-8-21(18(17)2)31-13-11-25(28)27-12-10-19-15-22(29-3)23(30-4)16-20(19)26(27)24-9-6-14-32-24/h5-9,14-16,26H,10-13H2,1-4H3. The van der Waals surface area contributed by atoms with E-state index in [0.29, 0.717) is 25.3 Å². The fourth-order valence-corrected chi connectivity index (χ4v) is 5.10. The Morgan fingerprint density at radius 1 is 1.06 bits per heavy atom. The van der Waals surface area contributed by atoms with E-state index >= 15 is 0 Å². The quantitative estimate of drug-likeness (QED) is 0.487. The highest BCUT2D eigenvalue weighted by Crippen LogP contribution is 2.42. The van der Waals surface area contributed by atoms with Crippen LogP contribution in [0.1, 0.15) is 39.6 Å². The minimum Gasteiger partial charge on any atom is -0.493 e. The Morgan fingerprint density at radius 2 is 1.84 bits per heavy atom. The number of hydrogen-bond donors (Lipinski definition) is 0. The van der Waals surface area contributed by atoms with E-state index in [2.05, 4.69) is 24.4 Å². The van der Waals surface area contributed by atoms with Crippen molar-refractivity contribution in [2.45, 2.75) is 32.7 Å². The van der Waals surface area contributed by atoms with Crippen LogP contribution >= 0.6 is 11.3 Å². The van der Waals surface area contributed by atoms with Gasteiger partial charge in [0.05, 0.1) is 33.3 Å². The molecule has 6 heteroatoms. The van der Waals surface area contributed by atoms with E-state index in [1.165, 1.54) is 11.1 Å². The predicted octanol–water partition coefficient (Wildman–Crippen LogP) is 5.33. The molecule has 4 rings (SSSR count). The third-order valence-corrected chi connectivity index (χ3v) is 7.06. The van der Waals surface area contributed by atoms with Crippen LogP contribution in [0.3, 0.4) is 0 Å². The molecule has 1 unspecified atom stereocenters. The highest BCUT2D eigenvalue weighted by Gasteiger charge is 2.33. The highest BCUT2D eigenvalue weighted by molar-refractivity contribution is 7.10. The van der Waals surface area contributed by atoms with Crippen LogP contribution in [0.2, 0.25) is 0 Å². The van der Waals surface area contributed by atoms with Crippen LogP contribution in [0.25, 0.3) is 0 Å². The molecule has 1 aromatic heterocycles. The van der Waals surface area contributed by atoms with Crippen molar-refractivity contribution in [2.75, 3.05) is 27.4 Å². The first-order chi connectivity index (χ1) is 15.5. The van der Waals surface area contributed by atoms with Gasteiger partial charge in [-0.15, -0.1) is 11.3 Å². The first-order valence-corrected chi connectivity index (χ1v) is 11.7. The summed E-state index contributed by atoms with van der Waals surface area (Å²) in [6, 6.07) is 14.0. The lowest BCUT2D eigenvalue weighted by Gasteiger charge is -2.37. The van der Waals surface area contributed by atoms with Gasteiger partial charge in [0.2, 0.25) is 5.91 Å². The summed E-state index contributed by atoms with van der Waals surface area (Å²) >= 11 is 1.66. The molecule has 0 fully saturated rings. The summed E-state index contributed by atoms with van der Waals surface area (Å²) in [6.07, 6.45) is 1.11. The average Bonchev–Trinajstić information content (AvgIpc) is 3.34. The molecule has 3 aromatic rings. The van der Waals surface area contributed by atoms with Gasteiger partial charge in [-0.3, -0.25) is 4.79 Å². The SMILES string of the molecule is COc1cc2c(cc1OC)C(c1cccs1)N(C(=O)CCOc1cccc(C)c1C)CC2. The van der Waals surface area contributed by atoms with Gasteiger partial charge in [-0.05, 0) is 72.2 Å². The molecule has 32 heavy (non-hydrogen) atoms. The van der Waals surface area contributed by atoms with Crippen molar-refractivity contribution in [2.24, 2.45) is 0 Å². The van der Waals surface area contributed by atoms with Crippen LogP contribution in [0.5, 0.6) is 17.2 Å². The molecule has 0 aliphatic carbocycles. The zero-order chi connectivity index (χ0) is 22.7. The largest absolute Gasteiger partial charge is 0.493 e. The van der Waals surface area contributed by atoms with Crippen LogP contribution in [0.15, 0.2) is 47.8 Å². The topological polar surface area (TPSA) is 48.0 Å². The molecule has 0 saturated carbocycles. The van der Waals surface area contributed by atoms with Gasteiger partial charge in [-0.2, -0.15) is 0 Å². The Kier molecular flexibility index (Phi) is 6.70. The van der Waals surface area contributed by atoms with Gasteiger partial charge in [0.15, 0.2) is 11.5 Å². The van der Waals surface area contributed by atoms with E-state index in [-0.39, 0.29) is 11.9 Å². The molecule has 1 atom stereocenters. The van der Waals surface area contributed by atoms with Gasteiger partial charge in [0, 0.05) is 11.4 Å². The molecule has 0 saturated heterocycles. The number of rotatable bonds is 7. The third kappa shape index (κ3) is 4.32. The van der Waals surface area contributed by atoms with Crippen LogP contribution < -0.4 is 14.2 Å². The third-order valence-electron chi connectivity index (χ3n) is 6.14. The first-order valence-electron chi connectivity index (χ1n) is 10.8. The molecule has 168 valence electrons. The molecule has 1 amide bonds. The summed E-state index contributed by atoms with van der Waals surface area (Å²) in [4.78, 5) is 16.4. The fraction of sp³-hybridized carbons (Fsp3) is 0.346. The Morgan fingerprint density at radius 3 is 2.56 bits per heavy atom. The van der Waals surface area contributed by atoms with Gasteiger partial charge >= 0.3 is 0 Å². The average molecular weight is 452 g/mol. The molecule has 1 aliphatic rings. The molecule has 0 bridgehead atoms. The second kappa shape index (κ2) is 9.65. The monoisotopic (exact) mass is 451 g/mol.